The highest BCUT2D eigenvalue weighted by Gasteiger charge is 2.28. The molecule has 1 aliphatic carbocycles. The van der Waals surface area contributed by atoms with Crippen LogP contribution in [0, 0.1) is 17.7 Å². The first-order chi connectivity index (χ1) is 9.17. The molecule has 0 radical (unpaired) electrons. The van der Waals surface area contributed by atoms with Gasteiger partial charge in [0, 0.05) is 11.6 Å². The lowest BCUT2D eigenvalue weighted by Crippen LogP contribution is -2.27. The van der Waals surface area contributed by atoms with E-state index in [1.54, 1.807) is 12.1 Å². The Labute approximate surface area is 115 Å². The molecule has 0 spiro atoms. The molecule has 3 atom stereocenters. The molecule has 3 unspecified atom stereocenters. The second-order valence-electron chi connectivity index (χ2n) is 5.59. The summed E-state index contributed by atoms with van der Waals surface area (Å²) in [5, 5.41) is 0. The summed E-state index contributed by atoms with van der Waals surface area (Å²) in [6.07, 6.45) is 5.93. The van der Waals surface area contributed by atoms with Gasteiger partial charge in [-0.25, -0.2) is 4.39 Å². The summed E-state index contributed by atoms with van der Waals surface area (Å²) < 4.78 is 19.3. The lowest BCUT2D eigenvalue weighted by atomic mass is 9.75. The third-order valence-corrected chi connectivity index (χ3v) is 4.48. The first-order valence-corrected chi connectivity index (χ1v) is 7.25. The summed E-state index contributed by atoms with van der Waals surface area (Å²) in [7, 11) is 1.49. The van der Waals surface area contributed by atoms with Crippen LogP contribution in [-0.4, -0.2) is 7.11 Å². The fraction of sp³-hybridized carbons (Fsp3) is 0.625. The van der Waals surface area contributed by atoms with Crippen LogP contribution >= 0.6 is 0 Å². The molecule has 1 fully saturated rings. The average Bonchev–Trinajstić information content (AvgIpc) is 2.47. The highest BCUT2D eigenvalue weighted by atomic mass is 19.1. The number of hydrogen-bond donors (Lipinski definition) is 1. The molecule has 1 aliphatic rings. The minimum absolute atomic E-state index is 0.218. The molecule has 2 nitrogen and oxygen atoms in total. The summed E-state index contributed by atoms with van der Waals surface area (Å²) in [4.78, 5) is 0. The Hall–Kier alpha value is -1.09. The second-order valence-corrected chi connectivity index (χ2v) is 5.59. The first-order valence-electron chi connectivity index (χ1n) is 7.25. The van der Waals surface area contributed by atoms with Crippen LogP contribution in [0.1, 0.15) is 50.6 Å². The average molecular weight is 265 g/mol. The Balaban J connectivity index is 2.17. The number of halogens is 1. The van der Waals surface area contributed by atoms with Crippen LogP contribution in [-0.2, 0) is 0 Å². The molecule has 3 heteroatoms. The number of nitrogens with two attached hydrogens (primary N) is 1. The van der Waals surface area contributed by atoms with Gasteiger partial charge in [-0.15, -0.1) is 0 Å². The van der Waals surface area contributed by atoms with Gasteiger partial charge in [0.25, 0.3) is 0 Å². The van der Waals surface area contributed by atoms with Crippen molar-refractivity contribution in [1.29, 1.82) is 0 Å². The maximum atomic E-state index is 14.3. The quantitative estimate of drug-likeness (QED) is 0.891. The lowest BCUT2D eigenvalue weighted by Gasteiger charge is -2.32. The number of rotatable bonds is 4. The van der Waals surface area contributed by atoms with Crippen molar-refractivity contribution in [1.82, 2.24) is 0 Å². The fourth-order valence-corrected chi connectivity index (χ4v) is 3.23. The van der Waals surface area contributed by atoms with Gasteiger partial charge in [-0.2, -0.15) is 0 Å². The highest BCUT2D eigenvalue weighted by Crippen LogP contribution is 2.38. The van der Waals surface area contributed by atoms with Crippen molar-refractivity contribution < 1.29 is 9.13 Å². The molecule has 0 aromatic heterocycles. The zero-order valence-corrected chi connectivity index (χ0v) is 11.9. The van der Waals surface area contributed by atoms with Crippen LogP contribution in [0.4, 0.5) is 4.39 Å². The molecule has 1 aromatic carbocycles. The molecule has 0 amide bonds. The minimum Gasteiger partial charge on any atom is -0.494 e. The third kappa shape index (κ3) is 3.08. The van der Waals surface area contributed by atoms with E-state index in [2.05, 4.69) is 6.92 Å². The van der Waals surface area contributed by atoms with E-state index in [0.29, 0.717) is 11.5 Å². The molecule has 0 aliphatic heterocycles. The largest absolute Gasteiger partial charge is 0.494 e. The van der Waals surface area contributed by atoms with Crippen molar-refractivity contribution in [2.75, 3.05) is 7.11 Å². The van der Waals surface area contributed by atoms with Crippen LogP contribution in [0.15, 0.2) is 18.2 Å². The van der Waals surface area contributed by atoms with Gasteiger partial charge in [-0.05, 0) is 30.7 Å². The van der Waals surface area contributed by atoms with Crippen LogP contribution in [0.5, 0.6) is 5.75 Å². The van der Waals surface area contributed by atoms with Crippen molar-refractivity contribution in [3.05, 3.63) is 29.6 Å². The third-order valence-electron chi connectivity index (χ3n) is 4.48. The van der Waals surface area contributed by atoms with Gasteiger partial charge in [-0.1, -0.05) is 38.3 Å². The Kier molecular flexibility index (Phi) is 4.81. The molecule has 0 saturated heterocycles. The standard InChI is InChI=1S/C16H24FNO/c1-3-11-6-4-7-12(10-11)16(18)13-8-5-9-14(19-2)15(13)17/h5,8-9,11-12,16H,3-4,6-7,10,18H2,1-2H3. The summed E-state index contributed by atoms with van der Waals surface area (Å²) in [5.41, 5.74) is 6.91. The van der Waals surface area contributed by atoms with Gasteiger partial charge in [0.2, 0.25) is 0 Å². The van der Waals surface area contributed by atoms with E-state index in [1.165, 1.54) is 26.4 Å². The minimum atomic E-state index is -0.295. The van der Waals surface area contributed by atoms with E-state index in [9.17, 15) is 4.39 Å². The Bertz CT molecular complexity index is 421. The summed E-state index contributed by atoms with van der Waals surface area (Å²) in [5.74, 6) is 1.13. The zero-order chi connectivity index (χ0) is 13.8. The number of hydrogen-bond acceptors (Lipinski definition) is 2. The normalized spacial score (nSPS) is 25.1. The smallest absolute Gasteiger partial charge is 0.169 e. The maximum Gasteiger partial charge on any atom is 0.169 e. The molecule has 2 N–H and O–H groups in total. The van der Waals surface area contributed by atoms with E-state index in [0.717, 1.165) is 18.8 Å². The zero-order valence-electron chi connectivity index (χ0n) is 11.9. The van der Waals surface area contributed by atoms with Crippen molar-refractivity contribution in [2.24, 2.45) is 17.6 Å². The van der Waals surface area contributed by atoms with Gasteiger partial charge in [0.05, 0.1) is 7.11 Å². The molecule has 1 saturated carbocycles. The van der Waals surface area contributed by atoms with Crippen LogP contribution in [0.3, 0.4) is 0 Å². The van der Waals surface area contributed by atoms with Gasteiger partial charge in [0.15, 0.2) is 11.6 Å². The van der Waals surface area contributed by atoms with E-state index in [4.69, 9.17) is 10.5 Å². The van der Waals surface area contributed by atoms with E-state index < -0.39 is 0 Å². The van der Waals surface area contributed by atoms with Crippen molar-refractivity contribution in [3.8, 4) is 5.75 Å². The number of ether oxygens (including phenoxy) is 1. The van der Waals surface area contributed by atoms with E-state index in [-0.39, 0.29) is 17.6 Å². The first kappa shape index (κ1) is 14.3. The summed E-state index contributed by atoms with van der Waals surface area (Å²) in [6.45, 7) is 2.23. The van der Waals surface area contributed by atoms with Gasteiger partial charge >= 0.3 is 0 Å². The fourth-order valence-electron chi connectivity index (χ4n) is 3.23. The molecule has 106 valence electrons. The van der Waals surface area contributed by atoms with Crippen LogP contribution in [0.2, 0.25) is 0 Å². The van der Waals surface area contributed by atoms with Gasteiger partial charge < -0.3 is 10.5 Å². The molecular formula is C16H24FNO. The number of methoxy groups -OCH3 is 1. The summed E-state index contributed by atoms with van der Waals surface area (Å²) in [6, 6.07) is 5.03. The van der Waals surface area contributed by atoms with Crippen molar-refractivity contribution in [2.45, 2.75) is 45.1 Å². The Morgan fingerprint density at radius 3 is 2.89 bits per heavy atom. The predicted octanol–water partition coefficient (Wildman–Crippen LogP) is 4.05. The van der Waals surface area contributed by atoms with Crippen molar-refractivity contribution >= 4 is 0 Å². The molecule has 0 bridgehead atoms. The SMILES string of the molecule is CCC1CCCC(C(N)c2cccc(OC)c2F)C1. The number of benzene rings is 1. The summed E-state index contributed by atoms with van der Waals surface area (Å²) >= 11 is 0. The molecular weight excluding hydrogens is 241 g/mol. The molecule has 1 aromatic rings. The van der Waals surface area contributed by atoms with E-state index >= 15 is 0 Å². The van der Waals surface area contributed by atoms with Crippen LogP contribution < -0.4 is 10.5 Å². The maximum absolute atomic E-state index is 14.3. The highest BCUT2D eigenvalue weighted by molar-refractivity contribution is 5.33. The predicted molar refractivity (Wildman–Crippen MR) is 75.6 cm³/mol. The molecule has 2 rings (SSSR count). The second kappa shape index (κ2) is 6.38. The monoisotopic (exact) mass is 265 g/mol. The van der Waals surface area contributed by atoms with Crippen LogP contribution in [0.25, 0.3) is 0 Å². The van der Waals surface area contributed by atoms with Crippen molar-refractivity contribution in [3.63, 3.8) is 0 Å². The van der Waals surface area contributed by atoms with Gasteiger partial charge in [0.1, 0.15) is 0 Å². The lowest BCUT2D eigenvalue weighted by molar-refractivity contribution is 0.227. The Morgan fingerprint density at radius 2 is 2.21 bits per heavy atom. The molecule has 0 heterocycles. The molecule has 19 heavy (non-hydrogen) atoms. The van der Waals surface area contributed by atoms with E-state index in [1.807, 2.05) is 6.07 Å². The van der Waals surface area contributed by atoms with Gasteiger partial charge in [-0.3, -0.25) is 0 Å². The Morgan fingerprint density at radius 1 is 1.42 bits per heavy atom. The topological polar surface area (TPSA) is 35.2 Å².